The lowest BCUT2D eigenvalue weighted by Crippen LogP contribution is -2.37. The molecule has 1 aromatic heterocycles. The molecule has 32 heavy (non-hydrogen) atoms. The largest absolute Gasteiger partial charge is 0.457 e. The number of anilines is 1. The van der Waals surface area contributed by atoms with Gasteiger partial charge in [-0.15, -0.1) is 0 Å². The van der Waals surface area contributed by atoms with Crippen LogP contribution in [0.5, 0.6) is 11.5 Å². The van der Waals surface area contributed by atoms with Crippen LogP contribution in [0.1, 0.15) is 13.3 Å². The van der Waals surface area contributed by atoms with Gasteiger partial charge in [-0.05, 0) is 64.5 Å². The summed E-state index contributed by atoms with van der Waals surface area (Å²) in [4.78, 5) is 25.1. The van der Waals surface area contributed by atoms with Crippen molar-refractivity contribution in [2.45, 2.75) is 23.6 Å². The number of rotatable bonds is 8. The molecule has 0 bridgehead atoms. The number of aromatic amines is 1. The van der Waals surface area contributed by atoms with E-state index in [2.05, 4.69) is 10.6 Å². The van der Waals surface area contributed by atoms with Crippen LogP contribution in [0.4, 0.5) is 5.69 Å². The van der Waals surface area contributed by atoms with Crippen LogP contribution in [0.2, 0.25) is 0 Å². The Balaban J connectivity index is 1.44. The molecule has 0 spiro atoms. The summed E-state index contributed by atoms with van der Waals surface area (Å²) in [6.45, 7) is 1.90. The van der Waals surface area contributed by atoms with E-state index in [1.54, 1.807) is 28.9 Å². The molecule has 0 aliphatic rings. The van der Waals surface area contributed by atoms with E-state index < -0.39 is 10.9 Å². The summed E-state index contributed by atoms with van der Waals surface area (Å²) in [5, 5.41) is 5.33. The van der Waals surface area contributed by atoms with Gasteiger partial charge in [0.1, 0.15) is 11.5 Å². The number of carbonyl (C=O) groups excluding carboxylic acids is 1. The van der Waals surface area contributed by atoms with E-state index in [-0.39, 0.29) is 5.91 Å². The van der Waals surface area contributed by atoms with Crippen LogP contribution in [-0.2, 0) is 4.79 Å². The van der Waals surface area contributed by atoms with E-state index >= 15 is 0 Å². The van der Waals surface area contributed by atoms with Crippen LogP contribution < -0.4 is 20.4 Å². The van der Waals surface area contributed by atoms with Crippen molar-refractivity contribution in [2.24, 2.45) is 0 Å². The Hall–Kier alpha value is -3.78. The molecule has 4 rings (SSSR count). The van der Waals surface area contributed by atoms with Crippen LogP contribution >= 0.6 is 11.8 Å². The minimum Gasteiger partial charge on any atom is -0.457 e. The van der Waals surface area contributed by atoms with Gasteiger partial charge in [0.15, 0.2) is 0 Å². The summed E-state index contributed by atoms with van der Waals surface area (Å²) >= 11 is 1.16. The molecule has 3 aromatic carbocycles. The first kappa shape index (κ1) is 21.5. The van der Waals surface area contributed by atoms with Crippen molar-refractivity contribution in [3.8, 4) is 17.2 Å². The normalized spacial score (nSPS) is 11.7. The third-order valence-corrected chi connectivity index (χ3v) is 6.04. The fraction of sp³-hybridized carbons (Fsp3) is 0.125. The zero-order valence-electron chi connectivity index (χ0n) is 17.4. The van der Waals surface area contributed by atoms with Crippen molar-refractivity contribution in [1.82, 2.24) is 5.27 Å². The van der Waals surface area contributed by atoms with Crippen LogP contribution in [0.25, 0.3) is 5.69 Å². The van der Waals surface area contributed by atoms with Crippen molar-refractivity contribution in [2.75, 3.05) is 5.32 Å². The fourth-order valence-corrected chi connectivity index (χ4v) is 4.01. The summed E-state index contributed by atoms with van der Waals surface area (Å²) in [6, 6.07) is 25.9. The first-order chi connectivity index (χ1) is 15.6. The number of hydrogen-bond donors (Lipinski definition) is 2. The maximum Gasteiger partial charge on any atom is 0.442 e. The highest BCUT2D eigenvalue weighted by molar-refractivity contribution is 8.00. The third kappa shape index (κ3) is 5.09. The number of ether oxygens (including phenoxy) is 1. The van der Waals surface area contributed by atoms with Gasteiger partial charge in [0, 0.05) is 17.8 Å². The van der Waals surface area contributed by atoms with Gasteiger partial charge in [-0.1, -0.05) is 43.3 Å². The van der Waals surface area contributed by atoms with Crippen molar-refractivity contribution >= 4 is 23.4 Å². The Labute approximate surface area is 189 Å². The number of H-pyrrole nitrogens is 1. The van der Waals surface area contributed by atoms with Crippen LogP contribution in [0.15, 0.2) is 99.3 Å². The number of thioether (sulfide) groups is 1. The first-order valence-electron chi connectivity index (χ1n) is 10.1. The molecule has 0 aliphatic carbocycles. The first-order valence-corrected chi connectivity index (χ1v) is 11.0. The number of benzene rings is 3. The standard InChI is InChI=1S/C24H21N3O4S/c1-2-21(32-23-24(29)31-26-27(23)18-9-5-3-6-10-18)22(28)25-17-13-15-20(16-14-17)30-19-11-7-4-8-12-19/h3-16,21H,2H2,1H3,(H-,25,26,28,29)/p+1. The number of amides is 1. The molecule has 7 nitrogen and oxygen atoms in total. The average Bonchev–Trinajstić information content (AvgIpc) is 3.20. The van der Waals surface area contributed by atoms with Crippen LogP contribution in [0, 0.1) is 0 Å². The predicted octanol–water partition coefficient (Wildman–Crippen LogP) is 4.55. The lowest BCUT2D eigenvalue weighted by atomic mass is 10.2. The summed E-state index contributed by atoms with van der Waals surface area (Å²) in [6.07, 6.45) is 0.533. The molecule has 0 saturated carbocycles. The van der Waals surface area contributed by atoms with Gasteiger partial charge in [-0.3, -0.25) is 9.32 Å². The molecule has 1 amide bonds. The minimum absolute atomic E-state index is 0.200. The third-order valence-electron chi connectivity index (χ3n) is 4.64. The Morgan fingerprint density at radius 2 is 1.62 bits per heavy atom. The Bertz CT molecular complexity index is 1220. The lowest BCUT2D eigenvalue weighted by Gasteiger charge is -2.12. The fourth-order valence-electron chi connectivity index (χ4n) is 3.02. The molecule has 0 aliphatic heterocycles. The summed E-state index contributed by atoms with van der Waals surface area (Å²) in [5.41, 5.74) is 0.865. The highest BCUT2D eigenvalue weighted by Crippen LogP contribution is 2.25. The molecule has 162 valence electrons. The van der Waals surface area contributed by atoms with Gasteiger partial charge in [-0.2, -0.15) is 0 Å². The second-order valence-electron chi connectivity index (χ2n) is 6.90. The van der Waals surface area contributed by atoms with Crippen LogP contribution in [-0.4, -0.2) is 16.4 Å². The molecule has 1 unspecified atom stereocenters. The number of nitrogens with zero attached hydrogens (tertiary/aromatic N) is 1. The van der Waals surface area contributed by atoms with Gasteiger partial charge in [0.2, 0.25) is 11.6 Å². The number of para-hydroxylation sites is 2. The minimum atomic E-state index is -0.521. The topological polar surface area (TPSA) is 88.2 Å². The number of nitrogens with one attached hydrogen (secondary N) is 2. The SMILES string of the molecule is CCC(Sc1c(=O)o[nH][n+]1-c1ccccc1)C(=O)Nc1ccc(Oc2ccccc2)cc1. The van der Waals surface area contributed by atoms with Crippen molar-refractivity contribution in [3.05, 3.63) is 95.3 Å². The zero-order chi connectivity index (χ0) is 22.3. The number of aromatic nitrogens is 2. The Morgan fingerprint density at radius 3 is 2.28 bits per heavy atom. The van der Waals surface area contributed by atoms with E-state index in [1.807, 2.05) is 67.6 Å². The Morgan fingerprint density at radius 1 is 1.00 bits per heavy atom. The zero-order valence-corrected chi connectivity index (χ0v) is 18.2. The molecule has 8 heteroatoms. The highest BCUT2D eigenvalue weighted by atomic mass is 32.2. The lowest BCUT2D eigenvalue weighted by molar-refractivity contribution is -0.704. The van der Waals surface area contributed by atoms with E-state index in [0.717, 1.165) is 23.2 Å². The molecule has 4 aromatic rings. The van der Waals surface area contributed by atoms with Crippen molar-refractivity contribution in [1.29, 1.82) is 0 Å². The van der Waals surface area contributed by atoms with Crippen LogP contribution in [0.3, 0.4) is 0 Å². The van der Waals surface area contributed by atoms with Gasteiger partial charge < -0.3 is 10.1 Å². The molecular weight excluding hydrogens is 426 g/mol. The second kappa shape index (κ2) is 10.0. The quantitative estimate of drug-likeness (QED) is 0.305. The molecule has 0 saturated heterocycles. The van der Waals surface area contributed by atoms with E-state index in [1.165, 1.54) is 0 Å². The maximum atomic E-state index is 12.9. The van der Waals surface area contributed by atoms with Gasteiger partial charge >= 0.3 is 10.7 Å². The summed E-state index contributed by atoms with van der Waals surface area (Å²) < 4.78 is 12.3. The van der Waals surface area contributed by atoms with Gasteiger partial charge in [-0.25, -0.2) is 4.79 Å². The molecule has 1 atom stereocenters. The number of carbonyl (C=O) groups is 1. The summed E-state index contributed by atoms with van der Waals surface area (Å²) in [7, 11) is 0. The molecule has 1 heterocycles. The second-order valence-corrected chi connectivity index (χ2v) is 8.09. The van der Waals surface area contributed by atoms with E-state index in [9.17, 15) is 9.59 Å². The van der Waals surface area contributed by atoms with E-state index in [0.29, 0.717) is 22.9 Å². The number of hydrogen-bond acceptors (Lipinski definition) is 5. The average molecular weight is 449 g/mol. The summed E-state index contributed by atoms with van der Waals surface area (Å²) in [5.74, 6) is 1.21. The maximum absolute atomic E-state index is 12.9. The molecule has 2 N–H and O–H groups in total. The highest BCUT2D eigenvalue weighted by Gasteiger charge is 2.30. The van der Waals surface area contributed by atoms with Crippen molar-refractivity contribution < 1.29 is 18.7 Å². The predicted molar refractivity (Wildman–Crippen MR) is 122 cm³/mol. The Kier molecular flexibility index (Phi) is 6.72. The monoisotopic (exact) mass is 448 g/mol. The smallest absolute Gasteiger partial charge is 0.442 e. The molecule has 0 fully saturated rings. The van der Waals surface area contributed by atoms with E-state index in [4.69, 9.17) is 9.26 Å². The van der Waals surface area contributed by atoms with Gasteiger partial charge in [0.25, 0.3) is 0 Å². The molecular formula is C24H22N3O4S+. The molecule has 0 radical (unpaired) electrons. The van der Waals surface area contributed by atoms with Crippen molar-refractivity contribution in [3.63, 3.8) is 0 Å². The van der Waals surface area contributed by atoms with Gasteiger partial charge in [0.05, 0.1) is 5.25 Å².